The molecule has 2 aliphatic rings. The van der Waals surface area contributed by atoms with Gasteiger partial charge in [0.2, 0.25) is 5.91 Å². The predicted octanol–water partition coefficient (Wildman–Crippen LogP) is 3.97. The van der Waals surface area contributed by atoms with Crippen molar-refractivity contribution in [3.8, 4) is 0 Å². The van der Waals surface area contributed by atoms with Gasteiger partial charge in [-0.2, -0.15) is 0 Å². The van der Waals surface area contributed by atoms with E-state index in [2.05, 4.69) is 29.2 Å². The Hall–Kier alpha value is -2.53. The molecule has 1 aliphatic carbocycles. The summed E-state index contributed by atoms with van der Waals surface area (Å²) in [7, 11) is 2.04. The highest BCUT2D eigenvalue weighted by Crippen LogP contribution is 2.27. The van der Waals surface area contributed by atoms with Crippen LogP contribution in [0.25, 0.3) is 0 Å². The van der Waals surface area contributed by atoms with Crippen LogP contribution < -0.4 is 4.90 Å². The Balaban J connectivity index is 1.81. The van der Waals surface area contributed by atoms with Crippen molar-refractivity contribution in [3.63, 3.8) is 0 Å². The van der Waals surface area contributed by atoms with Crippen LogP contribution in [0.2, 0.25) is 0 Å². The van der Waals surface area contributed by atoms with E-state index in [4.69, 9.17) is 4.99 Å². The van der Waals surface area contributed by atoms with E-state index in [-0.39, 0.29) is 11.9 Å². The molecule has 1 heterocycles. The third-order valence-electron chi connectivity index (χ3n) is 4.12. The monoisotopic (exact) mass is 351 g/mol. The quantitative estimate of drug-likeness (QED) is 0.827. The number of benzene rings is 1. The normalized spacial score (nSPS) is 19.2. The summed E-state index contributed by atoms with van der Waals surface area (Å²) in [5, 5.41) is 1.03. The number of hydrogen-bond donors (Lipinski definition) is 0. The Kier molecular flexibility index (Phi) is 5.24. The number of nitrogens with zero attached hydrogens (tertiary/aromatic N) is 3. The number of carbonyl (C=O) groups excluding carboxylic acids is 1. The molecule has 1 aromatic carbocycles. The van der Waals surface area contributed by atoms with Crippen LogP contribution in [0.4, 0.5) is 5.69 Å². The lowest BCUT2D eigenvalue weighted by Crippen LogP contribution is -2.21. The Labute approximate surface area is 152 Å². The van der Waals surface area contributed by atoms with Crippen LogP contribution in [-0.2, 0) is 4.79 Å². The molecule has 0 spiro atoms. The van der Waals surface area contributed by atoms with Crippen LogP contribution in [0.15, 0.2) is 83.2 Å². The molecular weight excluding hydrogens is 330 g/mol. The lowest BCUT2D eigenvalue weighted by Gasteiger charge is -2.16. The molecule has 3 rings (SSSR count). The molecule has 5 heteroatoms. The average molecular weight is 351 g/mol. The molecule has 128 valence electrons. The first kappa shape index (κ1) is 17.3. The van der Waals surface area contributed by atoms with Gasteiger partial charge in [0, 0.05) is 31.6 Å². The van der Waals surface area contributed by atoms with Crippen LogP contribution in [0.3, 0.4) is 0 Å². The number of aliphatic imine (C=N–C) groups is 1. The van der Waals surface area contributed by atoms with E-state index in [9.17, 15) is 4.79 Å². The van der Waals surface area contributed by atoms with Crippen LogP contribution >= 0.6 is 11.8 Å². The van der Waals surface area contributed by atoms with Crippen molar-refractivity contribution in [1.29, 1.82) is 0 Å². The molecule has 0 saturated heterocycles. The van der Waals surface area contributed by atoms with E-state index in [1.165, 1.54) is 0 Å². The summed E-state index contributed by atoms with van der Waals surface area (Å²) < 4.78 is 0. The molecule has 0 bridgehead atoms. The van der Waals surface area contributed by atoms with Crippen LogP contribution in [0, 0.1) is 0 Å². The third-order valence-corrected chi connectivity index (χ3v) is 4.86. The number of rotatable bonds is 3. The van der Waals surface area contributed by atoms with E-state index in [0.29, 0.717) is 0 Å². The van der Waals surface area contributed by atoms with Crippen LogP contribution in [-0.4, -0.2) is 35.3 Å². The van der Waals surface area contributed by atoms with Crippen molar-refractivity contribution in [2.45, 2.75) is 13.0 Å². The van der Waals surface area contributed by atoms with Crippen molar-refractivity contribution < 1.29 is 4.79 Å². The highest BCUT2D eigenvalue weighted by molar-refractivity contribution is 8.13. The zero-order chi connectivity index (χ0) is 17.8. The molecule has 0 radical (unpaired) electrons. The first-order chi connectivity index (χ1) is 12.1. The summed E-state index contributed by atoms with van der Waals surface area (Å²) in [5.74, 6) is -0.0233. The number of hydrogen-bond acceptors (Lipinski definition) is 4. The van der Waals surface area contributed by atoms with Crippen molar-refractivity contribution in [2.75, 3.05) is 18.2 Å². The Morgan fingerprint density at radius 3 is 2.72 bits per heavy atom. The smallest absolute Gasteiger partial charge is 0.227 e. The molecule has 1 aromatic rings. The molecule has 1 unspecified atom stereocenters. The summed E-state index contributed by atoms with van der Waals surface area (Å²) in [6, 6.07) is 9.69. The number of allylic oxidation sites excluding steroid dienone is 5. The first-order valence-corrected chi connectivity index (χ1v) is 9.31. The van der Waals surface area contributed by atoms with Gasteiger partial charge >= 0.3 is 0 Å². The van der Waals surface area contributed by atoms with Gasteiger partial charge in [-0.15, -0.1) is 0 Å². The minimum Gasteiger partial charge on any atom is -0.326 e. The lowest BCUT2D eigenvalue weighted by molar-refractivity contribution is -0.116. The lowest BCUT2D eigenvalue weighted by atomic mass is 10.2. The van der Waals surface area contributed by atoms with Gasteiger partial charge in [-0.25, -0.2) is 4.99 Å². The molecule has 1 atom stereocenters. The number of likely N-dealkylation sites (N-methyl/N-ethyl adjacent to an activating group) is 1. The molecule has 1 aliphatic heterocycles. The van der Waals surface area contributed by atoms with Gasteiger partial charge in [-0.3, -0.25) is 9.69 Å². The van der Waals surface area contributed by atoms with Crippen molar-refractivity contribution >= 4 is 28.5 Å². The number of fused-ring (bicyclic) bond motifs is 1. The Morgan fingerprint density at radius 1 is 1.28 bits per heavy atom. The topological polar surface area (TPSA) is 35.9 Å². The van der Waals surface area contributed by atoms with Gasteiger partial charge in [0.25, 0.3) is 0 Å². The zero-order valence-corrected chi connectivity index (χ0v) is 15.4. The van der Waals surface area contributed by atoms with Gasteiger partial charge in [0.05, 0.1) is 0 Å². The fourth-order valence-corrected chi connectivity index (χ4v) is 3.39. The number of amides is 1. The Morgan fingerprint density at radius 2 is 2.04 bits per heavy atom. The van der Waals surface area contributed by atoms with Crippen molar-refractivity contribution in [1.82, 2.24) is 4.90 Å². The standard InChI is InChI=1S/C20H21N3OS/c1-15(24)23(17-7-5-4-6-8-17)14-13-16-9-11-18-19(12-10-16)22(2)20(21-18)25-3/h4-14,18H,1-3H3. The van der Waals surface area contributed by atoms with Crippen LogP contribution in [0.5, 0.6) is 0 Å². The highest BCUT2D eigenvalue weighted by atomic mass is 32.2. The van der Waals surface area contributed by atoms with E-state index >= 15 is 0 Å². The summed E-state index contributed by atoms with van der Waals surface area (Å²) in [5.41, 5.74) is 3.04. The van der Waals surface area contributed by atoms with Crippen molar-refractivity contribution in [2.24, 2.45) is 4.99 Å². The summed E-state index contributed by atoms with van der Waals surface area (Å²) in [6.45, 7) is 1.56. The van der Waals surface area contributed by atoms with Crippen LogP contribution in [0.1, 0.15) is 6.92 Å². The molecule has 4 nitrogen and oxygen atoms in total. The second-order valence-corrected chi connectivity index (χ2v) is 6.55. The number of para-hydroxylation sites is 1. The first-order valence-electron chi connectivity index (χ1n) is 8.09. The van der Waals surface area contributed by atoms with E-state index in [0.717, 1.165) is 22.1 Å². The summed E-state index contributed by atoms with van der Waals surface area (Å²) >= 11 is 1.65. The van der Waals surface area contributed by atoms with Gasteiger partial charge in [0.15, 0.2) is 5.17 Å². The maximum atomic E-state index is 12.0. The number of thioether (sulfide) groups is 1. The molecular formula is C20H21N3OS. The molecule has 25 heavy (non-hydrogen) atoms. The minimum atomic E-state index is -0.0233. The SMILES string of the molecule is CSC1=NC2C=CC(C=CN(C(C)=O)c3ccccc3)=CC=C2N1C. The van der Waals surface area contributed by atoms with Crippen molar-refractivity contribution in [3.05, 3.63) is 78.2 Å². The molecule has 1 amide bonds. The molecule has 0 saturated carbocycles. The maximum Gasteiger partial charge on any atom is 0.227 e. The predicted molar refractivity (Wildman–Crippen MR) is 107 cm³/mol. The highest BCUT2D eigenvalue weighted by Gasteiger charge is 2.26. The Bertz CT molecular complexity index is 805. The van der Waals surface area contributed by atoms with Gasteiger partial charge in [-0.1, -0.05) is 48.2 Å². The number of amidine groups is 1. The van der Waals surface area contributed by atoms with Gasteiger partial charge in [-0.05, 0) is 36.1 Å². The van der Waals surface area contributed by atoms with E-state index in [1.807, 2.05) is 55.9 Å². The van der Waals surface area contributed by atoms with E-state index in [1.54, 1.807) is 23.6 Å². The average Bonchev–Trinajstić information content (AvgIpc) is 2.78. The molecule has 0 N–H and O–H groups in total. The minimum absolute atomic E-state index is 0.0233. The molecule has 0 fully saturated rings. The largest absolute Gasteiger partial charge is 0.326 e. The fourth-order valence-electron chi connectivity index (χ4n) is 2.79. The second kappa shape index (κ2) is 7.57. The second-order valence-electron chi connectivity index (χ2n) is 5.78. The van der Waals surface area contributed by atoms with Gasteiger partial charge < -0.3 is 4.90 Å². The summed E-state index contributed by atoms with van der Waals surface area (Å²) in [6.07, 6.45) is 14.1. The van der Waals surface area contributed by atoms with E-state index < -0.39 is 0 Å². The van der Waals surface area contributed by atoms with Gasteiger partial charge in [0.1, 0.15) is 6.04 Å². The third kappa shape index (κ3) is 3.77. The molecule has 0 aromatic heterocycles. The number of carbonyl (C=O) groups is 1. The summed E-state index contributed by atoms with van der Waals surface area (Å²) in [4.78, 5) is 20.4. The fraction of sp³-hybridized carbons (Fsp3) is 0.200. The maximum absolute atomic E-state index is 12.0. The zero-order valence-electron chi connectivity index (χ0n) is 14.6. The number of anilines is 1.